The third kappa shape index (κ3) is 3.75. The topological polar surface area (TPSA) is 23.6 Å². The third-order valence-corrected chi connectivity index (χ3v) is 5.34. The molecule has 20 heavy (non-hydrogen) atoms. The molecule has 0 aromatic carbocycles. The van der Waals surface area contributed by atoms with Crippen molar-refractivity contribution < 1.29 is 4.79 Å². The predicted molar refractivity (Wildman–Crippen MR) is 83.6 cm³/mol. The molecule has 1 unspecified atom stereocenters. The molecular formula is C17H32N2O. The summed E-state index contributed by atoms with van der Waals surface area (Å²) in [5, 5.41) is 0. The van der Waals surface area contributed by atoms with Crippen LogP contribution in [0, 0.1) is 11.3 Å². The fraction of sp³-hybridized carbons (Fsp3) is 0.941. The largest absolute Gasteiger partial charge is 0.341 e. The van der Waals surface area contributed by atoms with E-state index < -0.39 is 0 Å². The lowest BCUT2D eigenvalue weighted by atomic mass is 9.75. The van der Waals surface area contributed by atoms with Gasteiger partial charge in [0, 0.05) is 13.1 Å². The molecule has 2 fully saturated rings. The second kappa shape index (κ2) is 6.46. The van der Waals surface area contributed by atoms with Gasteiger partial charge in [0.2, 0.25) is 5.91 Å². The second-order valence-corrected chi connectivity index (χ2v) is 7.81. The van der Waals surface area contributed by atoms with Gasteiger partial charge >= 0.3 is 0 Å². The van der Waals surface area contributed by atoms with Crippen LogP contribution in [0.5, 0.6) is 0 Å². The van der Waals surface area contributed by atoms with E-state index >= 15 is 0 Å². The predicted octanol–water partition coefficient (Wildman–Crippen LogP) is 3.15. The average Bonchev–Trinajstić information content (AvgIpc) is 2.62. The first-order valence-corrected chi connectivity index (χ1v) is 8.38. The van der Waals surface area contributed by atoms with Gasteiger partial charge in [-0.3, -0.25) is 9.69 Å². The van der Waals surface area contributed by atoms with Gasteiger partial charge in [-0.1, -0.05) is 33.6 Å². The number of rotatable bonds is 1. The molecule has 116 valence electrons. The van der Waals surface area contributed by atoms with Crippen molar-refractivity contribution in [1.29, 1.82) is 0 Å². The molecular weight excluding hydrogens is 248 g/mol. The lowest BCUT2D eigenvalue weighted by molar-refractivity contribution is -0.138. The minimum absolute atomic E-state index is 0.142. The Kier molecular flexibility index (Phi) is 5.11. The maximum Gasteiger partial charge on any atom is 0.239 e. The summed E-state index contributed by atoms with van der Waals surface area (Å²) >= 11 is 0. The number of carbonyl (C=O) groups excluding carboxylic acids is 1. The molecule has 0 saturated carbocycles. The van der Waals surface area contributed by atoms with Gasteiger partial charge in [-0.15, -0.1) is 0 Å². The Morgan fingerprint density at radius 2 is 1.60 bits per heavy atom. The highest BCUT2D eigenvalue weighted by molar-refractivity contribution is 5.82. The van der Waals surface area contributed by atoms with Crippen LogP contribution in [0.1, 0.15) is 59.3 Å². The zero-order valence-electron chi connectivity index (χ0n) is 13.8. The van der Waals surface area contributed by atoms with Crippen LogP contribution in [0.4, 0.5) is 0 Å². The van der Waals surface area contributed by atoms with Crippen LogP contribution in [0.3, 0.4) is 0 Å². The van der Waals surface area contributed by atoms with Crippen molar-refractivity contribution in [2.24, 2.45) is 11.3 Å². The molecule has 0 aromatic rings. The summed E-state index contributed by atoms with van der Waals surface area (Å²) in [6.07, 6.45) is 7.12. The van der Waals surface area contributed by atoms with Crippen molar-refractivity contribution in [3.8, 4) is 0 Å². The Morgan fingerprint density at radius 3 is 2.20 bits per heavy atom. The zero-order chi connectivity index (χ0) is 14.8. The average molecular weight is 280 g/mol. The molecule has 2 rings (SSSR count). The van der Waals surface area contributed by atoms with Crippen molar-refractivity contribution in [3.05, 3.63) is 0 Å². The molecule has 2 aliphatic heterocycles. The minimum Gasteiger partial charge on any atom is -0.341 e. The van der Waals surface area contributed by atoms with Gasteiger partial charge in [0.25, 0.3) is 0 Å². The number of amides is 1. The van der Waals surface area contributed by atoms with Gasteiger partial charge in [0.1, 0.15) is 0 Å². The summed E-state index contributed by atoms with van der Waals surface area (Å²) < 4.78 is 0. The molecule has 2 heterocycles. The Bertz CT molecular complexity index is 326. The number of likely N-dealkylation sites (tertiary alicyclic amines) is 2. The smallest absolute Gasteiger partial charge is 0.239 e. The summed E-state index contributed by atoms with van der Waals surface area (Å²) in [7, 11) is 2.12. The lowest BCUT2D eigenvalue weighted by Gasteiger charge is -2.40. The van der Waals surface area contributed by atoms with Gasteiger partial charge in [-0.2, -0.15) is 0 Å². The minimum atomic E-state index is 0.142. The summed E-state index contributed by atoms with van der Waals surface area (Å²) in [5.74, 6) is 1.15. The van der Waals surface area contributed by atoms with Crippen LogP contribution < -0.4 is 0 Å². The van der Waals surface area contributed by atoms with E-state index in [1.807, 2.05) is 0 Å². The number of hydrogen-bond donors (Lipinski definition) is 0. The maximum absolute atomic E-state index is 12.8. The Hall–Kier alpha value is -0.570. The van der Waals surface area contributed by atoms with E-state index in [1.165, 1.54) is 32.1 Å². The van der Waals surface area contributed by atoms with E-state index in [0.717, 1.165) is 32.0 Å². The first-order valence-electron chi connectivity index (χ1n) is 8.38. The van der Waals surface area contributed by atoms with Gasteiger partial charge in [-0.25, -0.2) is 0 Å². The highest BCUT2D eigenvalue weighted by Crippen LogP contribution is 2.34. The SMILES string of the molecule is CN1CCCCCC1C(=O)N1CCC(C(C)(C)C)CC1. The fourth-order valence-electron chi connectivity index (χ4n) is 3.74. The number of likely N-dealkylation sites (N-methyl/N-ethyl adjacent to an activating group) is 1. The number of carbonyl (C=O) groups is 1. The van der Waals surface area contributed by atoms with Gasteiger partial charge in [0.15, 0.2) is 0 Å². The zero-order valence-corrected chi connectivity index (χ0v) is 13.8. The fourth-order valence-corrected chi connectivity index (χ4v) is 3.74. The molecule has 0 N–H and O–H groups in total. The van der Waals surface area contributed by atoms with Crippen molar-refractivity contribution in [1.82, 2.24) is 9.80 Å². The van der Waals surface area contributed by atoms with E-state index in [2.05, 4.69) is 37.6 Å². The molecule has 0 radical (unpaired) electrons. The normalized spacial score (nSPS) is 27.4. The standard InChI is InChI=1S/C17H32N2O/c1-17(2,3)14-9-12-19(13-10-14)16(20)15-8-6-5-7-11-18(15)4/h14-15H,5-13H2,1-4H3. The van der Waals surface area contributed by atoms with E-state index in [9.17, 15) is 4.79 Å². The highest BCUT2D eigenvalue weighted by atomic mass is 16.2. The highest BCUT2D eigenvalue weighted by Gasteiger charge is 2.34. The molecule has 0 spiro atoms. The summed E-state index contributed by atoms with van der Waals surface area (Å²) in [5.41, 5.74) is 0.383. The summed E-state index contributed by atoms with van der Waals surface area (Å²) in [6.45, 7) is 9.99. The molecule has 1 atom stereocenters. The van der Waals surface area contributed by atoms with Gasteiger partial charge in [0.05, 0.1) is 6.04 Å². The second-order valence-electron chi connectivity index (χ2n) is 7.81. The monoisotopic (exact) mass is 280 g/mol. The van der Waals surface area contributed by atoms with Crippen molar-refractivity contribution in [3.63, 3.8) is 0 Å². The van der Waals surface area contributed by atoms with E-state index in [0.29, 0.717) is 11.3 Å². The third-order valence-electron chi connectivity index (χ3n) is 5.34. The quantitative estimate of drug-likeness (QED) is 0.736. The molecule has 1 amide bonds. The van der Waals surface area contributed by atoms with Crippen LogP contribution in [0.15, 0.2) is 0 Å². The number of piperidine rings is 1. The lowest BCUT2D eigenvalue weighted by Crippen LogP contribution is -2.50. The molecule has 3 heteroatoms. The number of nitrogens with zero attached hydrogens (tertiary/aromatic N) is 2. The Morgan fingerprint density at radius 1 is 0.950 bits per heavy atom. The molecule has 0 aromatic heterocycles. The van der Waals surface area contributed by atoms with Crippen molar-refractivity contribution in [2.75, 3.05) is 26.7 Å². The molecule has 0 aliphatic carbocycles. The summed E-state index contributed by atoms with van der Waals surface area (Å²) in [6, 6.07) is 0.142. The Balaban J connectivity index is 1.91. The van der Waals surface area contributed by atoms with Crippen LogP contribution >= 0.6 is 0 Å². The van der Waals surface area contributed by atoms with E-state index in [1.54, 1.807) is 0 Å². The Labute approximate surface area is 124 Å². The first-order chi connectivity index (χ1) is 9.39. The maximum atomic E-state index is 12.8. The van der Waals surface area contributed by atoms with Crippen molar-refractivity contribution in [2.45, 2.75) is 65.3 Å². The van der Waals surface area contributed by atoms with Crippen LogP contribution in [0.2, 0.25) is 0 Å². The van der Waals surface area contributed by atoms with E-state index in [-0.39, 0.29) is 6.04 Å². The van der Waals surface area contributed by atoms with Gasteiger partial charge in [-0.05, 0) is 50.6 Å². The van der Waals surface area contributed by atoms with E-state index in [4.69, 9.17) is 0 Å². The summed E-state index contributed by atoms with van der Waals surface area (Å²) in [4.78, 5) is 17.2. The molecule has 2 aliphatic rings. The van der Waals surface area contributed by atoms with Gasteiger partial charge < -0.3 is 4.90 Å². The molecule has 2 saturated heterocycles. The van der Waals surface area contributed by atoms with Crippen molar-refractivity contribution >= 4 is 5.91 Å². The molecule has 0 bridgehead atoms. The van der Waals surface area contributed by atoms with Crippen LogP contribution in [-0.4, -0.2) is 48.4 Å². The number of hydrogen-bond acceptors (Lipinski definition) is 2. The first kappa shape index (κ1) is 15.8. The molecule has 3 nitrogen and oxygen atoms in total. The van der Waals surface area contributed by atoms with Crippen LogP contribution in [-0.2, 0) is 4.79 Å². The van der Waals surface area contributed by atoms with Crippen LogP contribution in [0.25, 0.3) is 0 Å².